The summed E-state index contributed by atoms with van der Waals surface area (Å²) in [5.74, 6) is -3.62. The molecule has 37 heavy (non-hydrogen) atoms. The van der Waals surface area contributed by atoms with Crippen molar-refractivity contribution < 1.29 is 38.3 Å². The summed E-state index contributed by atoms with van der Waals surface area (Å²) in [6, 6.07) is 9.32. The van der Waals surface area contributed by atoms with Gasteiger partial charge in [0.25, 0.3) is 0 Å². The van der Waals surface area contributed by atoms with Crippen LogP contribution in [0.2, 0.25) is 0 Å². The molecule has 0 aromatic heterocycles. The predicted molar refractivity (Wildman–Crippen MR) is 132 cm³/mol. The molecule has 2 rings (SSSR count). The number of ketones is 2. The van der Waals surface area contributed by atoms with E-state index in [2.05, 4.69) is 21.3 Å². The Hall–Kier alpha value is -4.87. The maximum atomic E-state index is 13.0. The standard InChI is InChI=1S/C25H26N4O8/c1-15(32)28-20(11-22(33)16-7-3-5-9-18(16)26-13-30)24(35)29-21(25(36)37-2)12-23(34)17-8-4-6-10-19(17)27-14-31/h3-10,13-14,20-21H,11-12H2,1-2H3,(H,26,30)(H,27,31)(H,28,32)(H,29,35). The van der Waals surface area contributed by atoms with E-state index in [9.17, 15) is 33.6 Å². The lowest BCUT2D eigenvalue weighted by Crippen LogP contribution is -2.52. The van der Waals surface area contributed by atoms with Crippen molar-refractivity contribution in [3.63, 3.8) is 0 Å². The minimum atomic E-state index is -1.45. The van der Waals surface area contributed by atoms with Crippen LogP contribution in [-0.4, -0.2) is 61.4 Å². The Kier molecular flexibility index (Phi) is 10.6. The van der Waals surface area contributed by atoms with Crippen molar-refractivity contribution in [2.45, 2.75) is 31.8 Å². The van der Waals surface area contributed by atoms with Gasteiger partial charge in [-0.3, -0.25) is 28.8 Å². The molecular weight excluding hydrogens is 484 g/mol. The van der Waals surface area contributed by atoms with E-state index in [1.54, 1.807) is 24.3 Å². The van der Waals surface area contributed by atoms with Gasteiger partial charge in [-0.25, -0.2) is 4.79 Å². The molecule has 2 aromatic carbocycles. The van der Waals surface area contributed by atoms with Gasteiger partial charge in [0.15, 0.2) is 11.6 Å². The number of hydrogen-bond donors (Lipinski definition) is 4. The number of anilines is 2. The van der Waals surface area contributed by atoms with Crippen LogP contribution in [0.5, 0.6) is 0 Å². The molecule has 194 valence electrons. The van der Waals surface area contributed by atoms with Crippen molar-refractivity contribution in [3.05, 3.63) is 59.7 Å². The highest BCUT2D eigenvalue weighted by Gasteiger charge is 2.31. The maximum absolute atomic E-state index is 13.0. The average Bonchev–Trinajstić information content (AvgIpc) is 2.88. The highest BCUT2D eigenvalue weighted by atomic mass is 16.5. The Morgan fingerprint density at radius 3 is 1.65 bits per heavy atom. The number of para-hydroxylation sites is 2. The van der Waals surface area contributed by atoms with Crippen molar-refractivity contribution in [3.8, 4) is 0 Å². The van der Waals surface area contributed by atoms with Gasteiger partial charge in [-0.05, 0) is 24.3 Å². The Balaban J connectivity index is 2.25. The quantitative estimate of drug-likeness (QED) is 0.164. The molecule has 0 aliphatic heterocycles. The lowest BCUT2D eigenvalue weighted by Gasteiger charge is -2.22. The Labute approximate surface area is 212 Å². The summed E-state index contributed by atoms with van der Waals surface area (Å²) in [6.45, 7) is 1.14. The van der Waals surface area contributed by atoms with E-state index >= 15 is 0 Å². The van der Waals surface area contributed by atoms with Gasteiger partial charge in [-0.15, -0.1) is 0 Å². The molecule has 0 aliphatic rings. The zero-order valence-electron chi connectivity index (χ0n) is 20.1. The van der Waals surface area contributed by atoms with Crippen molar-refractivity contribution in [2.24, 2.45) is 0 Å². The first-order valence-corrected chi connectivity index (χ1v) is 11.0. The number of amides is 4. The first kappa shape index (κ1) is 28.4. The summed E-state index contributed by atoms with van der Waals surface area (Å²) >= 11 is 0. The minimum absolute atomic E-state index is 0.102. The number of carbonyl (C=O) groups excluding carboxylic acids is 7. The molecule has 2 atom stereocenters. The number of ether oxygens (including phenoxy) is 1. The second-order valence-corrected chi connectivity index (χ2v) is 7.71. The van der Waals surface area contributed by atoms with Crippen LogP contribution < -0.4 is 21.3 Å². The van der Waals surface area contributed by atoms with E-state index < -0.39 is 54.3 Å². The predicted octanol–water partition coefficient (Wildman–Crippen LogP) is 0.832. The number of Topliss-reactive ketones (excluding diaryl/α,β-unsaturated/α-hetero) is 2. The number of esters is 1. The number of benzene rings is 2. The van der Waals surface area contributed by atoms with Crippen molar-refractivity contribution in [1.29, 1.82) is 0 Å². The second-order valence-electron chi connectivity index (χ2n) is 7.71. The van der Waals surface area contributed by atoms with E-state index in [4.69, 9.17) is 4.74 Å². The summed E-state index contributed by atoms with van der Waals surface area (Å²) in [7, 11) is 1.07. The van der Waals surface area contributed by atoms with E-state index in [1.807, 2.05) is 0 Å². The summed E-state index contributed by atoms with van der Waals surface area (Å²) in [5, 5.41) is 9.50. The van der Waals surface area contributed by atoms with Crippen LogP contribution in [0, 0.1) is 0 Å². The molecule has 0 saturated carbocycles. The zero-order chi connectivity index (χ0) is 27.4. The molecule has 0 spiro atoms. The monoisotopic (exact) mass is 510 g/mol. The van der Waals surface area contributed by atoms with Crippen LogP contribution >= 0.6 is 0 Å². The highest BCUT2D eigenvalue weighted by molar-refractivity contribution is 6.07. The fourth-order valence-corrected chi connectivity index (χ4v) is 3.48. The van der Waals surface area contributed by atoms with Crippen LogP contribution in [0.4, 0.5) is 11.4 Å². The maximum Gasteiger partial charge on any atom is 0.328 e. The first-order chi connectivity index (χ1) is 17.7. The largest absolute Gasteiger partial charge is 0.467 e. The van der Waals surface area contributed by atoms with Gasteiger partial charge < -0.3 is 26.0 Å². The summed E-state index contributed by atoms with van der Waals surface area (Å²) in [6.07, 6.45) is -0.242. The van der Waals surface area contributed by atoms with E-state index in [-0.39, 0.29) is 22.5 Å². The minimum Gasteiger partial charge on any atom is -0.467 e. The first-order valence-electron chi connectivity index (χ1n) is 11.0. The third-order valence-corrected chi connectivity index (χ3v) is 5.16. The molecule has 12 heteroatoms. The van der Waals surface area contributed by atoms with Gasteiger partial charge in [0.2, 0.25) is 24.6 Å². The molecule has 0 saturated heterocycles. The Morgan fingerprint density at radius 2 is 1.22 bits per heavy atom. The fraction of sp³-hybridized carbons (Fsp3) is 0.240. The topological polar surface area (TPSA) is 177 Å². The third kappa shape index (κ3) is 8.09. The number of nitrogens with one attached hydrogen (secondary N) is 4. The lowest BCUT2D eigenvalue weighted by molar-refractivity contribution is -0.145. The molecular formula is C25H26N4O8. The Bertz CT molecular complexity index is 1200. The number of hydrogen-bond acceptors (Lipinski definition) is 8. The molecule has 0 heterocycles. The molecule has 2 aromatic rings. The van der Waals surface area contributed by atoms with Crippen molar-refractivity contribution in [1.82, 2.24) is 10.6 Å². The molecule has 4 N–H and O–H groups in total. The summed E-state index contributed by atoms with van der Waals surface area (Å²) in [5.41, 5.74) is 0.634. The van der Waals surface area contributed by atoms with Gasteiger partial charge in [0.1, 0.15) is 12.1 Å². The van der Waals surface area contributed by atoms with Gasteiger partial charge in [-0.1, -0.05) is 24.3 Å². The molecule has 0 radical (unpaired) electrons. The number of carbonyl (C=O) groups is 7. The normalized spacial score (nSPS) is 11.7. The van der Waals surface area contributed by atoms with E-state index in [0.717, 1.165) is 14.0 Å². The van der Waals surface area contributed by atoms with Crippen molar-refractivity contribution >= 4 is 53.5 Å². The van der Waals surface area contributed by atoms with Gasteiger partial charge in [0, 0.05) is 30.9 Å². The smallest absolute Gasteiger partial charge is 0.328 e. The number of methoxy groups -OCH3 is 1. The molecule has 0 bridgehead atoms. The fourth-order valence-electron chi connectivity index (χ4n) is 3.48. The molecule has 0 aliphatic carbocycles. The van der Waals surface area contributed by atoms with Crippen molar-refractivity contribution in [2.75, 3.05) is 17.7 Å². The molecule has 12 nitrogen and oxygen atoms in total. The van der Waals surface area contributed by atoms with Crippen LogP contribution in [-0.2, 0) is 28.7 Å². The van der Waals surface area contributed by atoms with Crippen LogP contribution in [0.1, 0.15) is 40.5 Å². The third-order valence-electron chi connectivity index (χ3n) is 5.16. The van der Waals surface area contributed by atoms with Crippen LogP contribution in [0.15, 0.2) is 48.5 Å². The second kappa shape index (κ2) is 13.9. The molecule has 2 unspecified atom stereocenters. The van der Waals surface area contributed by atoms with Gasteiger partial charge in [0.05, 0.1) is 18.5 Å². The van der Waals surface area contributed by atoms with E-state index in [1.165, 1.54) is 24.3 Å². The van der Waals surface area contributed by atoms with Crippen LogP contribution in [0.25, 0.3) is 0 Å². The average molecular weight is 511 g/mol. The molecule has 0 fully saturated rings. The highest BCUT2D eigenvalue weighted by Crippen LogP contribution is 2.19. The van der Waals surface area contributed by atoms with Gasteiger partial charge >= 0.3 is 5.97 Å². The van der Waals surface area contributed by atoms with E-state index in [0.29, 0.717) is 12.8 Å². The zero-order valence-corrected chi connectivity index (χ0v) is 20.1. The van der Waals surface area contributed by atoms with Crippen LogP contribution in [0.3, 0.4) is 0 Å². The summed E-state index contributed by atoms with van der Waals surface area (Å²) in [4.78, 5) is 84.7. The van der Waals surface area contributed by atoms with Gasteiger partial charge in [-0.2, -0.15) is 0 Å². The lowest BCUT2D eigenvalue weighted by atomic mass is 9.99. The number of rotatable bonds is 14. The molecule has 4 amide bonds. The Morgan fingerprint density at radius 1 is 0.757 bits per heavy atom. The SMILES string of the molecule is COC(=O)C(CC(=O)c1ccccc1NC=O)NC(=O)C(CC(=O)c1ccccc1NC=O)NC(C)=O. The summed E-state index contributed by atoms with van der Waals surface area (Å²) < 4.78 is 4.71.